The van der Waals surface area contributed by atoms with E-state index in [1.54, 1.807) is 79.4 Å². The summed E-state index contributed by atoms with van der Waals surface area (Å²) < 4.78 is 105. The smallest absolute Gasteiger partial charge is 0.354 e. The number of aromatic nitrogens is 8. The van der Waals surface area contributed by atoms with Crippen LogP contribution in [-0.2, 0) is 117 Å². The van der Waals surface area contributed by atoms with Gasteiger partial charge in [0.1, 0.15) is 29.2 Å². The second-order valence-electron chi connectivity index (χ2n) is 21.7. The van der Waals surface area contributed by atoms with E-state index in [-0.39, 0.29) is 153 Å². The molecule has 531 valence electrons. The molecular formula is C72H62F8Ir5N9O5-5. The zero-order valence-electron chi connectivity index (χ0n) is 53.7. The fourth-order valence-electron chi connectivity index (χ4n) is 7.14. The van der Waals surface area contributed by atoms with E-state index in [9.17, 15) is 49.5 Å². The van der Waals surface area contributed by atoms with Gasteiger partial charge in [-0.3, -0.25) is 45.6 Å². The Morgan fingerprint density at radius 3 is 1.41 bits per heavy atom. The fourth-order valence-corrected chi connectivity index (χ4v) is 7.14. The molecule has 99 heavy (non-hydrogen) atoms. The average Bonchev–Trinajstić information content (AvgIpc) is 1.19. The number of benzene rings is 4. The number of hydrogen-bond acceptors (Lipinski definition) is 12. The monoisotopic (exact) mass is 2250 g/mol. The molecular weight excluding hydrogens is 2180 g/mol. The van der Waals surface area contributed by atoms with Crippen molar-refractivity contribution in [3.05, 3.63) is 283 Å². The summed E-state index contributed by atoms with van der Waals surface area (Å²) in [4.78, 5) is 57.8. The summed E-state index contributed by atoms with van der Waals surface area (Å²) in [5.41, 5.74) is 4.38. The first-order valence-corrected chi connectivity index (χ1v) is 28.2. The van der Waals surface area contributed by atoms with Crippen LogP contribution in [0, 0.1) is 88.0 Å². The number of carbonyl (C=O) groups is 3. The van der Waals surface area contributed by atoms with Gasteiger partial charge < -0.3 is 35.0 Å². The number of carboxylic acids is 1. The van der Waals surface area contributed by atoms with Crippen molar-refractivity contribution in [3.8, 4) is 50.7 Å². The standard InChI is InChI=1S/C12H10F2N3.C12H8F2NO.C11H6F2N.C11H8N.C11H20O2.C9H5F2N2.C6H5NO2.5Ir/c1-17(2)8-5-6-15-10(7-8)9-3-4-11(13)16-12(9)14;13-9-1-2-10(11(14)6-9)12-5-8(7-16)3-4-15-12;12-8-4-5-9(10(13)7-8)11-3-1-2-6-14-11;1-2-6-10(7-3-1)11-8-4-5-9-12-11;1-10(2,3)8(12)7-9(13)11(4,5)6;10-7-2-3-9(8(11)6-7)13-5-1-4-12-13;8-6(9)5-3-1-2-4-7-5;;;;;/h4-7H,1-2H3;1,3-6,16H,7H2;1-4,6-7H;1-6,8-9H;7H2,1-6H3;1-2,4-6H;1-4H,(H,8,9);;;;;/q4*-1;;-1;;;;;;. The number of rotatable bonds is 10. The average molecular weight is 2250 g/mol. The number of anilines is 1. The Hall–Kier alpha value is -7.75. The summed E-state index contributed by atoms with van der Waals surface area (Å²) in [5.74, 6) is -6.76. The molecule has 4 aromatic carbocycles. The van der Waals surface area contributed by atoms with Crippen molar-refractivity contribution in [1.82, 2.24) is 39.7 Å². The van der Waals surface area contributed by atoms with Crippen molar-refractivity contribution in [3.63, 3.8) is 0 Å². The minimum Gasteiger partial charge on any atom is -0.477 e. The summed E-state index contributed by atoms with van der Waals surface area (Å²) >= 11 is 0. The van der Waals surface area contributed by atoms with Gasteiger partial charge in [-0.2, -0.15) is 11.2 Å². The van der Waals surface area contributed by atoms with Gasteiger partial charge in [0.15, 0.2) is 0 Å². The third-order valence-corrected chi connectivity index (χ3v) is 12.3. The number of pyridine rings is 6. The molecule has 5 radical (unpaired) electrons. The van der Waals surface area contributed by atoms with Gasteiger partial charge in [0.05, 0.1) is 13.0 Å². The van der Waals surface area contributed by atoms with E-state index < -0.39 is 63.6 Å². The number of ketones is 2. The Morgan fingerprint density at radius 1 is 0.495 bits per heavy atom. The molecule has 0 aliphatic rings. The predicted octanol–water partition coefficient (Wildman–Crippen LogP) is 15.3. The normalized spacial score (nSPS) is 9.91. The summed E-state index contributed by atoms with van der Waals surface area (Å²) in [6, 6.07) is 51.5. The number of hydrogen-bond donors (Lipinski definition) is 2. The van der Waals surface area contributed by atoms with E-state index in [0.717, 1.165) is 59.4 Å². The zero-order valence-corrected chi connectivity index (χ0v) is 65.7. The van der Waals surface area contributed by atoms with Crippen LogP contribution in [0.25, 0.3) is 50.7 Å². The van der Waals surface area contributed by atoms with Crippen molar-refractivity contribution >= 4 is 23.2 Å². The second-order valence-corrected chi connectivity index (χ2v) is 21.7. The Bertz CT molecular complexity index is 4130. The quantitative estimate of drug-likeness (QED) is 0.0570. The number of aliphatic hydroxyl groups is 1. The first-order valence-electron chi connectivity index (χ1n) is 28.2. The Labute approximate surface area is 636 Å². The number of halogens is 8. The molecule has 2 N–H and O–H groups in total. The van der Waals surface area contributed by atoms with Crippen LogP contribution in [0.4, 0.5) is 40.8 Å². The van der Waals surface area contributed by atoms with Crippen molar-refractivity contribution in [2.24, 2.45) is 10.8 Å². The number of Topliss-reactive ketones (excluding diaryl/α,β-unsaturated/α-hetero) is 2. The molecule has 0 saturated heterocycles. The van der Waals surface area contributed by atoms with E-state index in [0.29, 0.717) is 22.6 Å². The Morgan fingerprint density at radius 2 is 0.980 bits per heavy atom. The van der Waals surface area contributed by atoms with E-state index >= 15 is 0 Å². The van der Waals surface area contributed by atoms with E-state index in [1.165, 1.54) is 35.4 Å². The first kappa shape index (κ1) is 91.2. The predicted molar refractivity (Wildman–Crippen MR) is 339 cm³/mol. The number of aromatic carboxylic acids is 1. The number of aliphatic hydroxyl groups excluding tert-OH is 1. The van der Waals surface area contributed by atoms with Crippen LogP contribution in [0.5, 0.6) is 0 Å². The van der Waals surface area contributed by atoms with Crippen LogP contribution in [-0.4, -0.2) is 81.5 Å². The molecule has 7 heterocycles. The third-order valence-electron chi connectivity index (χ3n) is 12.3. The second kappa shape index (κ2) is 45.8. The minimum atomic E-state index is -0.990. The molecule has 0 unspecified atom stereocenters. The maximum atomic E-state index is 13.4. The molecule has 14 nitrogen and oxygen atoms in total. The van der Waals surface area contributed by atoms with Crippen molar-refractivity contribution < 1.29 is 160 Å². The zero-order chi connectivity index (χ0) is 69.0. The fraction of sp³-hybridized carbons (Fsp3) is 0.167. The molecule has 0 spiro atoms. The molecule has 0 saturated carbocycles. The molecule has 0 aliphatic carbocycles. The van der Waals surface area contributed by atoms with E-state index in [1.807, 2.05) is 103 Å². The summed E-state index contributed by atoms with van der Waals surface area (Å²) in [6.07, 6.45) is 10.9. The molecule has 0 bridgehead atoms. The minimum absolute atomic E-state index is 0. The van der Waals surface area contributed by atoms with Gasteiger partial charge in [-0.15, -0.1) is 78.4 Å². The third kappa shape index (κ3) is 31.6. The van der Waals surface area contributed by atoms with Gasteiger partial charge in [0, 0.05) is 209 Å². The van der Waals surface area contributed by atoms with Crippen LogP contribution < -0.4 is 4.90 Å². The van der Waals surface area contributed by atoms with E-state index in [2.05, 4.69) is 65.3 Å². The van der Waals surface area contributed by atoms with Crippen molar-refractivity contribution in [2.75, 3.05) is 19.0 Å². The summed E-state index contributed by atoms with van der Waals surface area (Å²) in [6.45, 7) is 10.9. The largest absolute Gasteiger partial charge is 0.477 e. The van der Waals surface area contributed by atoms with Gasteiger partial charge in [0.25, 0.3) is 0 Å². The molecule has 11 rings (SSSR count). The molecule has 0 atom stereocenters. The Balaban J connectivity index is 0.00000113. The van der Waals surface area contributed by atoms with Crippen LogP contribution >= 0.6 is 0 Å². The molecule has 7 aromatic heterocycles. The van der Waals surface area contributed by atoms with Gasteiger partial charge in [-0.05, 0) is 76.5 Å². The van der Waals surface area contributed by atoms with E-state index in [4.69, 9.17) is 10.2 Å². The Kier molecular flexibility index (Phi) is 42.2. The van der Waals surface area contributed by atoms with Gasteiger partial charge in [-0.1, -0.05) is 119 Å². The van der Waals surface area contributed by atoms with Gasteiger partial charge in [0.2, 0.25) is 0 Å². The van der Waals surface area contributed by atoms with Gasteiger partial charge >= 0.3 is 5.97 Å². The first-order chi connectivity index (χ1) is 44.6. The summed E-state index contributed by atoms with van der Waals surface area (Å²) in [7, 11) is 3.73. The number of carbonyl (C=O) groups excluding carboxylic acids is 2. The molecule has 0 aliphatic heterocycles. The number of nitrogens with zero attached hydrogens (tertiary/aromatic N) is 9. The number of carboxylic acid groups (broad SMARTS) is 1. The van der Waals surface area contributed by atoms with Crippen molar-refractivity contribution in [2.45, 2.75) is 54.6 Å². The summed E-state index contributed by atoms with van der Waals surface area (Å²) in [5, 5.41) is 21.1. The topological polar surface area (TPSA) is 190 Å². The SMILES string of the molecule is CC(C)(C)C(=O)CC(=O)C(C)(C)C.CN(C)c1ccnc(-c2[c-]cc(F)nc2F)c1.Fc1c[c-]c(-c2ccccn2)c(F)c1.Fc1c[c-]c(-n2cccn2)c(F)c1.O=C(O)c1ccccn1.OCc1ccnc(-c2[c-]cc(F)cc2F)c1.[Ir].[Ir].[Ir].[Ir].[Ir].[c-]1ccccc1-c1ccccn1. The van der Waals surface area contributed by atoms with Crippen LogP contribution in [0.15, 0.2) is 195 Å². The van der Waals surface area contributed by atoms with Gasteiger partial charge in [-0.25, -0.2) is 18.6 Å². The maximum absolute atomic E-state index is 13.4. The molecule has 0 amide bonds. The van der Waals surface area contributed by atoms with Crippen LogP contribution in [0.3, 0.4) is 0 Å². The molecule has 27 heteroatoms. The van der Waals surface area contributed by atoms with Crippen LogP contribution in [0.2, 0.25) is 0 Å². The van der Waals surface area contributed by atoms with Crippen molar-refractivity contribution in [1.29, 1.82) is 0 Å². The molecule has 0 fully saturated rings. The van der Waals surface area contributed by atoms with Crippen LogP contribution in [0.1, 0.15) is 64.0 Å². The maximum Gasteiger partial charge on any atom is 0.354 e. The molecule has 11 aromatic rings.